The summed E-state index contributed by atoms with van der Waals surface area (Å²) in [5.41, 5.74) is 6.59. The van der Waals surface area contributed by atoms with E-state index in [0.717, 1.165) is 0 Å². The lowest BCUT2D eigenvalue weighted by molar-refractivity contribution is 0.304. The molecule has 5 heteroatoms. The average Bonchev–Trinajstić information content (AvgIpc) is 2.47. The number of nitrogens with two attached hydrogens (primary N) is 1. The zero-order valence-electron chi connectivity index (χ0n) is 10.6. The van der Waals surface area contributed by atoms with Crippen molar-refractivity contribution in [1.82, 2.24) is 4.98 Å². The van der Waals surface area contributed by atoms with Crippen molar-refractivity contribution in [2.75, 3.05) is 6.54 Å². The Morgan fingerprint density at radius 1 is 1.35 bits per heavy atom. The van der Waals surface area contributed by atoms with Crippen LogP contribution in [0.1, 0.15) is 11.1 Å². The molecule has 0 bridgehead atoms. The predicted octanol–water partition coefficient (Wildman–Crippen LogP) is 2.76. The number of hydrogen-bond acceptors (Lipinski definition) is 3. The Hall–Kier alpha value is -2.09. The Morgan fingerprint density at radius 2 is 2.20 bits per heavy atom. The van der Waals surface area contributed by atoms with E-state index >= 15 is 0 Å². The Labute approximate surface area is 121 Å². The minimum absolute atomic E-state index is 0.0690. The van der Waals surface area contributed by atoms with E-state index in [1.165, 1.54) is 6.07 Å². The molecule has 1 aromatic carbocycles. The third-order valence-corrected chi connectivity index (χ3v) is 2.90. The summed E-state index contributed by atoms with van der Waals surface area (Å²) in [6.45, 7) is 0.441. The first-order chi connectivity index (χ1) is 9.70. The molecule has 3 nitrogen and oxygen atoms in total. The number of nitrogens with zero attached hydrogens (tertiary/aromatic N) is 1. The summed E-state index contributed by atoms with van der Waals surface area (Å²) in [6, 6.07) is 6.33. The first-order valence-corrected chi connectivity index (χ1v) is 6.28. The number of hydrogen-bond donors (Lipinski definition) is 1. The van der Waals surface area contributed by atoms with Gasteiger partial charge in [0, 0.05) is 17.3 Å². The van der Waals surface area contributed by atoms with Crippen LogP contribution >= 0.6 is 11.6 Å². The normalized spacial score (nSPS) is 9.75. The van der Waals surface area contributed by atoms with Crippen LogP contribution in [0, 0.1) is 17.7 Å². The van der Waals surface area contributed by atoms with Gasteiger partial charge in [0.05, 0.1) is 17.8 Å². The van der Waals surface area contributed by atoms with Crippen LogP contribution < -0.4 is 10.5 Å². The van der Waals surface area contributed by atoms with E-state index in [1.807, 2.05) is 0 Å². The molecule has 1 aromatic heterocycles. The molecule has 0 saturated heterocycles. The molecule has 2 N–H and O–H groups in total. The summed E-state index contributed by atoms with van der Waals surface area (Å²) in [5, 5.41) is 0.0690. The zero-order chi connectivity index (χ0) is 14.4. The van der Waals surface area contributed by atoms with Gasteiger partial charge in [-0.2, -0.15) is 0 Å². The molecule has 0 aliphatic rings. The average molecular weight is 291 g/mol. The molecular formula is C15H12ClFN2O. The fraction of sp³-hybridized carbons (Fsp3) is 0.133. The third-order valence-electron chi connectivity index (χ3n) is 2.47. The molecule has 0 atom stereocenters. The fourth-order valence-corrected chi connectivity index (χ4v) is 1.72. The van der Waals surface area contributed by atoms with Gasteiger partial charge in [0.15, 0.2) is 0 Å². The predicted molar refractivity (Wildman–Crippen MR) is 75.9 cm³/mol. The Balaban J connectivity index is 2.09. The van der Waals surface area contributed by atoms with E-state index < -0.39 is 5.82 Å². The minimum Gasteiger partial charge on any atom is -0.487 e. The summed E-state index contributed by atoms with van der Waals surface area (Å²) in [4.78, 5) is 4.01. The van der Waals surface area contributed by atoms with E-state index in [1.54, 1.807) is 30.6 Å². The minimum atomic E-state index is -0.464. The van der Waals surface area contributed by atoms with Gasteiger partial charge in [-0.05, 0) is 12.1 Å². The van der Waals surface area contributed by atoms with Crippen LogP contribution in [0.15, 0.2) is 36.7 Å². The maximum atomic E-state index is 13.3. The number of benzene rings is 1. The molecule has 0 saturated carbocycles. The molecule has 1 heterocycles. The second-order valence-corrected chi connectivity index (χ2v) is 4.29. The van der Waals surface area contributed by atoms with E-state index in [-0.39, 0.29) is 18.2 Å². The summed E-state index contributed by atoms with van der Waals surface area (Å²) >= 11 is 5.85. The van der Waals surface area contributed by atoms with E-state index in [0.29, 0.717) is 16.9 Å². The van der Waals surface area contributed by atoms with Gasteiger partial charge < -0.3 is 10.5 Å². The molecule has 2 aromatic rings. The maximum absolute atomic E-state index is 13.3. The SMILES string of the molecule is NCC#Cc1cncc(OCc2cccc(F)c2Cl)c1. The summed E-state index contributed by atoms with van der Waals surface area (Å²) in [5.74, 6) is 5.67. The topological polar surface area (TPSA) is 48.1 Å². The molecule has 0 unspecified atom stereocenters. The molecule has 0 amide bonds. The van der Waals surface area contributed by atoms with Gasteiger partial charge in [-0.1, -0.05) is 35.6 Å². The molecule has 20 heavy (non-hydrogen) atoms. The van der Waals surface area contributed by atoms with Gasteiger partial charge in [-0.3, -0.25) is 4.98 Å². The van der Waals surface area contributed by atoms with Gasteiger partial charge >= 0.3 is 0 Å². The van der Waals surface area contributed by atoms with Gasteiger partial charge in [-0.15, -0.1) is 0 Å². The van der Waals surface area contributed by atoms with Crippen molar-refractivity contribution in [2.45, 2.75) is 6.61 Å². The molecule has 0 radical (unpaired) electrons. The first kappa shape index (κ1) is 14.3. The van der Waals surface area contributed by atoms with Crippen LogP contribution in [-0.2, 0) is 6.61 Å². The zero-order valence-corrected chi connectivity index (χ0v) is 11.3. The lowest BCUT2D eigenvalue weighted by Gasteiger charge is -2.08. The van der Waals surface area contributed by atoms with Crippen molar-refractivity contribution >= 4 is 11.6 Å². The smallest absolute Gasteiger partial charge is 0.142 e. The van der Waals surface area contributed by atoms with Crippen LogP contribution in [0.3, 0.4) is 0 Å². The van der Waals surface area contributed by atoms with Gasteiger partial charge in [-0.25, -0.2) is 4.39 Å². The standard InChI is InChI=1S/C15H12ClFN2O/c16-15-12(4-1-5-14(15)17)10-20-13-7-11(3-2-6-18)8-19-9-13/h1,4-5,7-9H,6,10,18H2. The number of halogens is 2. The number of ether oxygens (including phenoxy) is 1. The largest absolute Gasteiger partial charge is 0.487 e. The highest BCUT2D eigenvalue weighted by atomic mass is 35.5. The molecule has 0 aliphatic carbocycles. The fourth-order valence-electron chi connectivity index (χ4n) is 1.54. The summed E-state index contributed by atoms with van der Waals surface area (Å²) in [7, 11) is 0. The highest BCUT2D eigenvalue weighted by Gasteiger charge is 2.06. The highest BCUT2D eigenvalue weighted by Crippen LogP contribution is 2.21. The van der Waals surface area contributed by atoms with E-state index in [2.05, 4.69) is 16.8 Å². The number of rotatable bonds is 3. The highest BCUT2D eigenvalue weighted by molar-refractivity contribution is 6.31. The Kier molecular flexibility index (Phi) is 4.94. The lowest BCUT2D eigenvalue weighted by atomic mass is 10.2. The van der Waals surface area contributed by atoms with Crippen molar-refractivity contribution in [3.63, 3.8) is 0 Å². The van der Waals surface area contributed by atoms with Gasteiger partial charge in [0.25, 0.3) is 0 Å². The molecule has 0 fully saturated rings. The third kappa shape index (κ3) is 3.70. The maximum Gasteiger partial charge on any atom is 0.142 e. The number of aromatic nitrogens is 1. The van der Waals surface area contributed by atoms with Crippen molar-refractivity contribution < 1.29 is 9.13 Å². The van der Waals surface area contributed by atoms with Gasteiger partial charge in [0.1, 0.15) is 18.2 Å². The summed E-state index contributed by atoms with van der Waals surface area (Å²) < 4.78 is 18.8. The second-order valence-electron chi connectivity index (χ2n) is 3.92. The Bertz CT molecular complexity index is 664. The van der Waals surface area contributed by atoms with Crippen molar-refractivity contribution in [1.29, 1.82) is 0 Å². The second kappa shape index (κ2) is 6.90. The van der Waals surface area contributed by atoms with Crippen LogP contribution in [0.4, 0.5) is 4.39 Å². The van der Waals surface area contributed by atoms with Crippen LogP contribution in [0.5, 0.6) is 5.75 Å². The molecule has 2 rings (SSSR count). The molecule has 0 aliphatic heterocycles. The molecule has 0 spiro atoms. The van der Waals surface area contributed by atoms with Crippen LogP contribution in [0.2, 0.25) is 5.02 Å². The van der Waals surface area contributed by atoms with Gasteiger partial charge in [0.2, 0.25) is 0 Å². The van der Waals surface area contributed by atoms with Crippen molar-refractivity contribution in [3.05, 3.63) is 58.6 Å². The monoisotopic (exact) mass is 290 g/mol. The van der Waals surface area contributed by atoms with Crippen molar-refractivity contribution in [3.8, 4) is 17.6 Å². The first-order valence-electron chi connectivity index (χ1n) is 5.90. The molecule has 102 valence electrons. The van der Waals surface area contributed by atoms with Crippen molar-refractivity contribution in [2.24, 2.45) is 5.73 Å². The summed E-state index contributed by atoms with van der Waals surface area (Å²) in [6.07, 6.45) is 3.17. The quantitative estimate of drug-likeness (QED) is 0.884. The number of pyridine rings is 1. The molecular weight excluding hydrogens is 279 g/mol. The Morgan fingerprint density at radius 3 is 3.00 bits per heavy atom. The van der Waals surface area contributed by atoms with Crippen LogP contribution in [0.25, 0.3) is 0 Å². The lowest BCUT2D eigenvalue weighted by Crippen LogP contribution is -1.98. The van der Waals surface area contributed by atoms with E-state index in [4.69, 9.17) is 22.1 Å². The van der Waals surface area contributed by atoms with E-state index in [9.17, 15) is 4.39 Å². The van der Waals surface area contributed by atoms with Crippen LogP contribution in [-0.4, -0.2) is 11.5 Å².